The molecule has 2 fully saturated rings. The van der Waals surface area contributed by atoms with Gasteiger partial charge >= 0.3 is 0 Å². The van der Waals surface area contributed by atoms with E-state index >= 15 is 0 Å². The summed E-state index contributed by atoms with van der Waals surface area (Å²) in [4.78, 5) is 41.8. The number of para-hydroxylation sites is 1. The number of piperidine rings is 1. The molecule has 5 rings (SSSR count). The van der Waals surface area contributed by atoms with Crippen LogP contribution in [-0.2, 0) is 19.9 Å². The summed E-state index contributed by atoms with van der Waals surface area (Å²) in [6.07, 6.45) is 2.28. The van der Waals surface area contributed by atoms with E-state index in [0.29, 0.717) is 19.4 Å². The lowest BCUT2D eigenvalue weighted by molar-refractivity contribution is -0.145. The molecule has 1 spiro atoms. The van der Waals surface area contributed by atoms with Crippen LogP contribution in [0.5, 0.6) is 0 Å². The Hall–Kier alpha value is -2.52. The summed E-state index contributed by atoms with van der Waals surface area (Å²) in [6.45, 7) is 6.31. The first-order chi connectivity index (χ1) is 16.7. The van der Waals surface area contributed by atoms with Gasteiger partial charge in [-0.3, -0.25) is 14.5 Å². The van der Waals surface area contributed by atoms with Crippen molar-refractivity contribution in [1.29, 1.82) is 0 Å². The zero-order valence-electron chi connectivity index (χ0n) is 20.6. The number of carbonyl (C=O) groups excluding carboxylic acids is 2. The maximum atomic E-state index is 14.4. The number of rotatable bonds is 5. The number of amides is 2. The molecule has 7 nitrogen and oxygen atoms in total. The van der Waals surface area contributed by atoms with Gasteiger partial charge in [-0.2, -0.15) is 0 Å². The highest BCUT2D eigenvalue weighted by Gasteiger charge is 2.66. The van der Waals surface area contributed by atoms with Crippen LogP contribution in [0.15, 0.2) is 48.5 Å². The Morgan fingerprint density at radius 1 is 1.09 bits per heavy atom. The smallest absolute Gasteiger partial charge is 0.268 e. The molecule has 8 heteroatoms. The van der Waals surface area contributed by atoms with Gasteiger partial charge in [-0.1, -0.05) is 25.1 Å². The minimum Gasteiger partial charge on any atom is -0.432 e. The Kier molecular flexibility index (Phi) is 6.12. The maximum Gasteiger partial charge on any atom is 0.268 e. The third-order valence-corrected chi connectivity index (χ3v) is 10.4. The molecule has 2 saturated heterocycles. The summed E-state index contributed by atoms with van der Waals surface area (Å²) in [5.74, 6) is -0.398. The Morgan fingerprint density at radius 3 is 2.49 bits per heavy atom. The van der Waals surface area contributed by atoms with Crippen molar-refractivity contribution >= 4 is 37.2 Å². The van der Waals surface area contributed by atoms with Gasteiger partial charge in [0.1, 0.15) is 0 Å². The average molecular weight is 495 g/mol. The zero-order valence-corrected chi connectivity index (χ0v) is 21.6. The van der Waals surface area contributed by atoms with Crippen molar-refractivity contribution in [3.05, 3.63) is 54.1 Å². The molecule has 0 unspecified atom stereocenters. The third-order valence-electron chi connectivity index (χ3n) is 7.94. The second-order valence-corrected chi connectivity index (χ2v) is 14.5. The number of nitrogens with zero attached hydrogens (tertiary/aromatic N) is 2. The maximum absolute atomic E-state index is 14.4. The summed E-state index contributed by atoms with van der Waals surface area (Å²) in [7, 11) is -2.76. The number of aliphatic hydroxyl groups excluding tert-OH is 1. The van der Waals surface area contributed by atoms with E-state index in [1.807, 2.05) is 68.5 Å². The molecule has 3 aliphatic heterocycles. The molecule has 4 atom stereocenters. The standard InChI is InChI=1S/C27H34N2O5Si/c1-18-25(35(2,3)33)23(14-16-30)34-27(18)21-17-20(28-15-8-7-11-24(28)31)12-13-22(21)29(26(27)32)19-9-5-4-6-10-19/h4-6,9-10,12-13,17-18,23,25,30,33H,7-8,11,14-16H2,1-3H3/t18-,23+,25-,27+/m1/s1. The van der Waals surface area contributed by atoms with E-state index in [2.05, 4.69) is 0 Å². The Balaban J connectivity index is 1.69. The van der Waals surface area contributed by atoms with Crippen molar-refractivity contribution < 1.29 is 24.2 Å². The molecule has 2 amide bonds. The molecule has 0 bridgehead atoms. The molecular weight excluding hydrogens is 460 g/mol. The minimum absolute atomic E-state index is 0.0831. The molecule has 2 aromatic rings. The number of fused-ring (bicyclic) bond motifs is 2. The molecule has 3 heterocycles. The predicted octanol–water partition coefficient (Wildman–Crippen LogP) is 4.06. The molecule has 0 aromatic heterocycles. The Bertz CT molecular complexity index is 1130. The van der Waals surface area contributed by atoms with Crippen LogP contribution >= 0.6 is 0 Å². The molecule has 3 aliphatic rings. The van der Waals surface area contributed by atoms with Gasteiger partial charge in [0.2, 0.25) is 5.91 Å². The van der Waals surface area contributed by atoms with E-state index in [-0.39, 0.29) is 29.9 Å². The van der Waals surface area contributed by atoms with E-state index in [0.717, 1.165) is 35.5 Å². The van der Waals surface area contributed by atoms with Crippen molar-refractivity contribution in [3.8, 4) is 0 Å². The molecule has 2 aromatic carbocycles. The lowest BCUT2D eigenvalue weighted by Gasteiger charge is -2.33. The van der Waals surface area contributed by atoms with Gasteiger partial charge in [0.05, 0.1) is 11.8 Å². The lowest BCUT2D eigenvalue weighted by Crippen LogP contribution is -2.45. The van der Waals surface area contributed by atoms with Gasteiger partial charge in [-0.15, -0.1) is 0 Å². The fourth-order valence-corrected chi connectivity index (χ4v) is 9.07. The monoisotopic (exact) mass is 494 g/mol. The van der Waals surface area contributed by atoms with E-state index < -0.39 is 20.0 Å². The Morgan fingerprint density at radius 2 is 1.83 bits per heavy atom. The number of carbonyl (C=O) groups is 2. The largest absolute Gasteiger partial charge is 0.432 e. The fraction of sp³-hybridized carbons (Fsp3) is 0.481. The van der Waals surface area contributed by atoms with Crippen LogP contribution in [0, 0.1) is 5.92 Å². The van der Waals surface area contributed by atoms with Gasteiger partial charge in [0.25, 0.3) is 5.91 Å². The molecule has 186 valence electrons. The van der Waals surface area contributed by atoms with Crippen LogP contribution in [-0.4, -0.2) is 49.3 Å². The molecular formula is C27H34N2O5Si. The molecule has 35 heavy (non-hydrogen) atoms. The second kappa shape index (κ2) is 8.85. The SMILES string of the molecule is C[C@@H]1[C@@H]([Si](C)(C)O)[C@H](CCO)O[C@@]12C(=O)N(c1ccccc1)c1ccc(N3CCCCC3=O)cc12. The number of anilines is 3. The fourth-order valence-electron chi connectivity index (χ4n) is 6.47. The van der Waals surface area contributed by atoms with Crippen LogP contribution in [0.4, 0.5) is 17.1 Å². The number of hydrogen-bond donors (Lipinski definition) is 2. The summed E-state index contributed by atoms with van der Waals surface area (Å²) < 4.78 is 6.68. The number of ether oxygens (including phenoxy) is 1. The average Bonchev–Trinajstić information content (AvgIpc) is 3.26. The molecule has 0 aliphatic carbocycles. The van der Waals surface area contributed by atoms with Crippen LogP contribution in [0.25, 0.3) is 0 Å². The van der Waals surface area contributed by atoms with Gasteiger partial charge in [-0.05, 0) is 62.7 Å². The summed E-state index contributed by atoms with van der Waals surface area (Å²) in [5, 5.41) is 9.78. The first-order valence-corrected chi connectivity index (χ1v) is 15.6. The van der Waals surface area contributed by atoms with Gasteiger partial charge in [0, 0.05) is 48.0 Å². The summed E-state index contributed by atoms with van der Waals surface area (Å²) >= 11 is 0. The highest BCUT2D eigenvalue weighted by Crippen LogP contribution is 2.61. The van der Waals surface area contributed by atoms with E-state index in [9.17, 15) is 19.5 Å². The van der Waals surface area contributed by atoms with Gasteiger partial charge in [-0.25, -0.2) is 0 Å². The molecule has 0 saturated carbocycles. The van der Waals surface area contributed by atoms with Crippen LogP contribution in [0.3, 0.4) is 0 Å². The first-order valence-electron chi connectivity index (χ1n) is 12.6. The van der Waals surface area contributed by atoms with Gasteiger partial charge in [0.15, 0.2) is 13.9 Å². The highest BCUT2D eigenvalue weighted by molar-refractivity contribution is 6.71. The van der Waals surface area contributed by atoms with Gasteiger partial charge < -0.3 is 19.5 Å². The van der Waals surface area contributed by atoms with E-state index in [1.165, 1.54) is 0 Å². The van der Waals surface area contributed by atoms with Crippen molar-refractivity contribution in [1.82, 2.24) is 0 Å². The van der Waals surface area contributed by atoms with Crippen molar-refractivity contribution in [2.24, 2.45) is 5.92 Å². The van der Waals surface area contributed by atoms with Crippen molar-refractivity contribution in [2.45, 2.75) is 62.9 Å². The summed E-state index contributed by atoms with van der Waals surface area (Å²) in [5.41, 5.74) is 1.46. The van der Waals surface area contributed by atoms with E-state index in [4.69, 9.17) is 4.74 Å². The van der Waals surface area contributed by atoms with Crippen molar-refractivity contribution in [3.63, 3.8) is 0 Å². The second-order valence-electron chi connectivity index (χ2n) is 10.6. The third kappa shape index (κ3) is 3.74. The highest BCUT2D eigenvalue weighted by atomic mass is 28.4. The van der Waals surface area contributed by atoms with Crippen molar-refractivity contribution in [2.75, 3.05) is 23.0 Å². The lowest BCUT2D eigenvalue weighted by atomic mass is 9.82. The van der Waals surface area contributed by atoms with E-state index in [1.54, 1.807) is 9.80 Å². The molecule has 0 radical (unpaired) electrons. The number of benzene rings is 2. The number of aliphatic hydroxyl groups is 1. The Labute approximate surface area is 207 Å². The predicted molar refractivity (Wildman–Crippen MR) is 137 cm³/mol. The summed E-state index contributed by atoms with van der Waals surface area (Å²) in [6, 6.07) is 15.3. The van der Waals surface area contributed by atoms with Crippen LogP contribution < -0.4 is 9.80 Å². The zero-order chi connectivity index (χ0) is 25.0. The molecule has 2 N–H and O–H groups in total. The topological polar surface area (TPSA) is 90.3 Å². The van der Waals surface area contributed by atoms with Crippen LogP contribution in [0.2, 0.25) is 18.6 Å². The minimum atomic E-state index is -2.76. The normalized spacial score (nSPS) is 28.8. The van der Waals surface area contributed by atoms with Crippen LogP contribution in [0.1, 0.15) is 38.2 Å². The number of hydrogen-bond acceptors (Lipinski definition) is 5. The quantitative estimate of drug-likeness (QED) is 0.612. The first kappa shape index (κ1) is 24.2.